The van der Waals surface area contributed by atoms with Crippen LogP contribution in [0.1, 0.15) is 47.2 Å². The zero-order valence-corrected chi connectivity index (χ0v) is 39.0. The molecule has 12 aromatic rings. The number of anilines is 3. The lowest BCUT2D eigenvalue weighted by Crippen LogP contribution is -2.28. The third-order valence-corrected chi connectivity index (χ3v) is 15.5. The maximum atomic E-state index is 6.82. The molecule has 70 heavy (non-hydrogen) atoms. The van der Waals surface area contributed by atoms with Crippen molar-refractivity contribution in [1.29, 1.82) is 0 Å². The Labute approximate surface area is 408 Å². The van der Waals surface area contributed by atoms with Gasteiger partial charge in [0.15, 0.2) is 0 Å². The number of rotatable bonds is 7. The Bertz CT molecular complexity index is 3990. The van der Waals surface area contributed by atoms with Crippen LogP contribution in [0.2, 0.25) is 0 Å². The standard InChI is InChI=1S/C68H47NO/c1-67(2)58-32-16-14-28-52(58)53-40-37-48(42-60(53)67)69(62-34-17-15-29-54(62)55-31-19-35-63-65(55)57-39-36-45-22-12-13-27-51(45)66(57)70-63)49-38-41-56-61(43-49)68(46-23-8-4-9-24-46,47-25-10-5-11-26-47)59-33-18-30-50(64(56)59)44-20-6-3-7-21-44/h3-43H,1-2H3. The van der Waals surface area contributed by atoms with Crippen LogP contribution in [0, 0.1) is 0 Å². The van der Waals surface area contributed by atoms with Gasteiger partial charge in [0.05, 0.1) is 11.1 Å². The number of hydrogen-bond donors (Lipinski definition) is 0. The molecule has 2 nitrogen and oxygen atoms in total. The zero-order valence-electron chi connectivity index (χ0n) is 39.0. The number of furan rings is 1. The third kappa shape index (κ3) is 5.74. The molecule has 330 valence electrons. The Hall–Kier alpha value is -8.72. The summed E-state index contributed by atoms with van der Waals surface area (Å²) in [6.07, 6.45) is 0. The van der Waals surface area contributed by atoms with Gasteiger partial charge >= 0.3 is 0 Å². The van der Waals surface area contributed by atoms with Gasteiger partial charge in [0.1, 0.15) is 11.2 Å². The molecule has 0 radical (unpaired) electrons. The van der Waals surface area contributed by atoms with E-state index in [0.717, 1.165) is 55.5 Å². The van der Waals surface area contributed by atoms with Gasteiger partial charge in [-0.25, -0.2) is 0 Å². The van der Waals surface area contributed by atoms with E-state index < -0.39 is 5.41 Å². The molecule has 0 N–H and O–H groups in total. The maximum absolute atomic E-state index is 6.82. The molecule has 14 rings (SSSR count). The van der Waals surface area contributed by atoms with E-state index in [2.05, 4.69) is 267 Å². The summed E-state index contributed by atoms with van der Waals surface area (Å²) in [5, 5.41) is 4.52. The van der Waals surface area contributed by atoms with Crippen LogP contribution < -0.4 is 4.90 Å². The monoisotopic (exact) mass is 893 g/mol. The molecule has 1 aromatic heterocycles. The van der Waals surface area contributed by atoms with E-state index >= 15 is 0 Å². The van der Waals surface area contributed by atoms with Crippen LogP contribution >= 0.6 is 0 Å². The van der Waals surface area contributed by atoms with Crippen molar-refractivity contribution in [2.24, 2.45) is 0 Å². The van der Waals surface area contributed by atoms with E-state index in [4.69, 9.17) is 4.42 Å². The lowest BCUT2D eigenvalue weighted by atomic mass is 9.67. The summed E-state index contributed by atoms with van der Waals surface area (Å²) in [5.74, 6) is 0. The summed E-state index contributed by atoms with van der Waals surface area (Å²) in [4.78, 5) is 2.52. The molecule has 0 amide bonds. The molecule has 0 bridgehead atoms. The second-order valence-electron chi connectivity index (χ2n) is 19.5. The van der Waals surface area contributed by atoms with Crippen molar-refractivity contribution in [1.82, 2.24) is 0 Å². The minimum Gasteiger partial charge on any atom is -0.455 e. The fourth-order valence-corrected chi connectivity index (χ4v) is 12.5. The summed E-state index contributed by atoms with van der Waals surface area (Å²) in [5.41, 5.74) is 21.8. The van der Waals surface area contributed by atoms with Crippen molar-refractivity contribution in [3.8, 4) is 44.5 Å². The normalized spacial score (nSPS) is 13.8. The highest BCUT2D eigenvalue weighted by Crippen LogP contribution is 2.60. The zero-order chi connectivity index (χ0) is 46.6. The molecule has 0 atom stereocenters. The Balaban J connectivity index is 1.07. The van der Waals surface area contributed by atoms with Gasteiger partial charge in [-0.15, -0.1) is 0 Å². The Morgan fingerprint density at radius 3 is 1.71 bits per heavy atom. The predicted octanol–water partition coefficient (Wildman–Crippen LogP) is 18.2. The number of nitrogens with zero attached hydrogens (tertiary/aromatic N) is 1. The first-order chi connectivity index (χ1) is 34.5. The van der Waals surface area contributed by atoms with E-state index in [1.807, 2.05) is 0 Å². The van der Waals surface area contributed by atoms with E-state index in [1.54, 1.807) is 0 Å². The van der Waals surface area contributed by atoms with Crippen LogP contribution in [0.4, 0.5) is 17.1 Å². The lowest BCUT2D eigenvalue weighted by Gasteiger charge is -2.35. The maximum Gasteiger partial charge on any atom is 0.143 e. The van der Waals surface area contributed by atoms with Crippen molar-refractivity contribution in [2.45, 2.75) is 24.7 Å². The largest absolute Gasteiger partial charge is 0.455 e. The average molecular weight is 894 g/mol. The Morgan fingerprint density at radius 1 is 0.371 bits per heavy atom. The topological polar surface area (TPSA) is 16.4 Å². The molecule has 0 fully saturated rings. The van der Waals surface area contributed by atoms with Gasteiger partial charge in [0, 0.05) is 38.5 Å². The predicted molar refractivity (Wildman–Crippen MR) is 292 cm³/mol. The van der Waals surface area contributed by atoms with Crippen LogP contribution in [0.15, 0.2) is 253 Å². The molecule has 0 aliphatic heterocycles. The van der Waals surface area contributed by atoms with E-state index in [1.165, 1.54) is 72.1 Å². The van der Waals surface area contributed by atoms with Crippen molar-refractivity contribution in [3.63, 3.8) is 0 Å². The molecule has 2 heteroatoms. The van der Waals surface area contributed by atoms with Crippen molar-refractivity contribution in [2.75, 3.05) is 4.90 Å². The summed E-state index contributed by atoms with van der Waals surface area (Å²) in [6, 6.07) is 92.0. The van der Waals surface area contributed by atoms with Gasteiger partial charge in [-0.1, -0.05) is 220 Å². The van der Waals surface area contributed by atoms with Gasteiger partial charge in [0.2, 0.25) is 0 Å². The number of hydrogen-bond acceptors (Lipinski definition) is 2. The summed E-state index contributed by atoms with van der Waals surface area (Å²) in [6.45, 7) is 4.75. The highest BCUT2D eigenvalue weighted by Gasteiger charge is 2.47. The molecule has 1 heterocycles. The van der Waals surface area contributed by atoms with Crippen LogP contribution in [0.25, 0.3) is 77.2 Å². The van der Waals surface area contributed by atoms with E-state index in [0.29, 0.717) is 0 Å². The van der Waals surface area contributed by atoms with Gasteiger partial charge in [-0.2, -0.15) is 0 Å². The van der Waals surface area contributed by atoms with Crippen LogP contribution in [-0.4, -0.2) is 0 Å². The third-order valence-electron chi connectivity index (χ3n) is 15.5. The average Bonchev–Trinajstić information content (AvgIpc) is 4.03. The molecule has 0 saturated heterocycles. The smallest absolute Gasteiger partial charge is 0.143 e. The fourth-order valence-electron chi connectivity index (χ4n) is 12.5. The molecular formula is C68H47NO. The Morgan fingerprint density at radius 2 is 0.943 bits per heavy atom. The highest BCUT2D eigenvalue weighted by molar-refractivity contribution is 6.20. The van der Waals surface area contributed by atoms with Crippen LogP contribution in [0.5, 0.6) is 0 Å². The first-order valence-corrected chi connectivity index (χ1v) is 24.4. The van der Waals surface area contributed by atoms with Crippen molar-refractivity contribution >= 4 is 49.8 Å². The minimum atomic E-state index is -0.620. The lowest BCUT2D eigenvalue weighted by molar-refractivity contribution is 0.660. The second-order valence-corrected chi connectivity index (χ2v) is 19.5. The minimum absolute atomic E-state index is 0.194. The highest BCUT2D eigenvalue weighted by atomic mass is 16.3. The van der Waals surface area contributed by atoms with E-state index in [-0.39, 0.29) is 5.41 Å². The number of benzene rings is 11. The molecule has 0 saturated carbocycles. The molecule has 0 spiro atoms. The summed E-state index contributed by atoms with van der Waals surface area (Å²) in [7, 11) is 0. The SMILES string of the molecule is CC1(C)c2ccccc2-c2ccc(N(c3ccc4c(c3)C(c3ccccc3)(c3ccccc3)c3cccc(-c5ccccc5)c3-4)c3ccccc3-c3cccc4oc5c6ccccc6ccc5c34)cc21. The van der Waals surface area contributed by atoms with Gasteiger partial charge < -0.3 is 9.32 Å². The molecule has 11 aromatic carbocycles. The van der Waals surface area contributed by atoms with Crippen molar-refractivity contribution < 1.29 is 4.42 Å². The van der Waals surface area contributed by atoms with E-state index in [9.17, 15) is 0 Å². The quantitative estimate of drug-likeness (QED) is 0.158. The van der Waals surface area contributed by atoms with Gasteiger partial charge in [-0.05, 0) is 120 Å². The van der Waals surface area contributed by atoms with Crippen LogP contribution in [-0.2, 0) is 10.8 Å². The van der Waals surface area contributed by atoms with Gasteiger partial charge in [-0.3, -0.25) is 0 Å². The first-order valence-electron chi connectivity index (χ1n) is 24.4. The second kappa shape index (κ2) is 15.4. The Kier molecular flexibility index (Phi) is 8.88. The van der Waals surface area contributed by atoms with Crippen molar-refractivity contribution in [3.05, 3.63) is 282 Å². The first kappa shape index (κ1) is 40.4. The summed E-state index contributed by atoms with van der Waals surface area (Å²) >= 11 is 0. The van der Waals surface area contributed by atoms with Crippen LogP contribution in [0.3, 0.4) is 0 Å². The number of para-hydroxylation sites is 1. The summed E-state index contributed by atoms with van der Waals surface area (Å²) < 4.78 is 6.82. The molecule has 2 aliphatic rings. The number of fused-ring (bicyclic) bond motifs is 11. The molecule has 2 aliphatic carbocycles. The molecule has 0 unspecified atom stereocenters. The molecular weight excluding hydrogens is 847 g/mol. The fraction of sp³-hybridized carbons (Fsp3) is 0.0588. The van der Waals surface area contributed by atoms with Gasteiger partial charge in [0.25, 0.3) is 0 Å².